The highest BCUT2D eigenvalue weighted by atomic mass is 15.0. The maximum absolute atomic E-state index is 4.73. The summed E-state index contributed by atoms with van der Waals surface area (Å²) in [5.74, 6) is 0. The first kappa shape index (κ1) is 36.5. The number of fused-ring (bicyclic) bond motifs is 12. The minimum atomic E-state index is -0.147. The first-order chi connectivity index (χ1) is 31.5. The number of nitrogens with zero attached hydrogens (tertiary/aromatic N) is 3. The van der Waals surface area contributed by atoms with E-state index in [4.69, 9.17) is 9.97 Å². The Labute approximate surface area is 371 Å². The fraction of sp³-hybridized carbons (Fsp3) is 0.0492. The molecule has 2 aromatic heterocycles. The van der Waals surface area contributed by atoms with Crippen LogP contribution in [0.15, 0.2) is 213 Å². The van der Waals surface area contributed by atoms with Crippen LogP contribution in [0.5, 0.6) is 0 Å². The van der Waals surface area contributed by atoms with Crippen LogP contribution < -0.4 is 0 Å². The smallest absolute Gasteiger partial charge is 0.0971 e. The molecule has 12 aromatic rings. The van der Waals surface area contributed by atoms with E-state index in [9.17, 15) is 0 Å². The Morgan fingerprint density at radius 1 is 0.328 bits per heavy atom. The van der Waals surface area contributed by atoms with Crippen molar-refractivity contribution >= 4 is 54.4 Å². The second kappa shape index (κ2) is 13.9. The molecular formula is C61H41N3. The molecule has 3 heteroatoms. The van der Waals surface area contributed by atoms with Crippen molar-refractivity contribution in [1.82, 2.24) is 14.5 Å². The molecule has 0 amide bonds. The van der Waals surface area contributed by atoms with Crippen LogP contribution in [0.2, 0.25) is 0 Å². The van der Waals surface area contributed by atoms with Gasteiger partial charge in [0.05, 0.1) is 22.1 Å². The zero-order valence-corrected chi connectivity index (χ0v) is 35.5. The highest BCUT2D eigenvalue weighted by Gasteiger charge is 2.36. The molecule has 0 radical (unpaired) electrons. The van der Waals surface area contributed by atoms with Crippen molar-refractivity contribution in [3.63, 3.8) is 0 Å². The summed E-state index contributed by atoms with van der Waals surface area (Å²) in [6.45, 7) is 4.76. The molecule has 2 heterocycles. The average Bonchev–Trinajstić information content (AvgIpc) is 3.81. The van der Waals surface area contributed by atoms with E-state index in [2.05, 4.69) is 219 Å². The summed E-state index contributed by atoms with van der Waals surface area (Å²) in [5, 5.41) is 7.19. The van der Waals surface area contributed by atoms with Gasteiger partial charge in [0.2, 0.25) is 0 Å². The van der Waals surface area contributed by atoms with Crippen LogP contribution in [0.25, 0.3) is 116 Å². The van der Waals surface area contributed by atoms with Crippen LogP contribution in [-0.2, 0) is 5.41 Å². The molecule has 13 rings (SSSR count). The highest BCUT2D eigenvalue weighted by Crippen LogP contribution is 2.51. The molecule has 0 fully saturated rings. The lowest BCUT2D eigenvalue weighted by Crippen LogP contribution is -2.15. The number of para-hydroxylation sites is 2. The van der Waals surface area contributed by atoms with E-state index in [1.807, 2.05) is 0 Å². The molecule has 0 aliphatic heterocycles. The van der Waals surface area contributed by atoms with Gasteiger partial charge in [-0.1, -0.05) is 166 Å². The summed E-state index contributed by atoms with van der Waals surface area (Å²) in [5.41, 5.74) is 20.5. The Kier molecular flexibility index (Phi) is 7.95. The lowest BCUT2D eigenvalue weighted by Gasteiger charge is -2.22. The van der Waals surface area contributed by atoms with Crippen LogP contribution in [0, 0.1) is 0 Å². The van der Waals surface area contributed by atoms with Gasteiger partial charge < -0.3 is 4.57 Å². The van der Waals surface area contributed by atoms with E-state index in [-0.39, 0.29) is 5.41 Å². The largest absolute Gasteiger partial charge is 0.309 e. The number of aromatic nitrogens is 3. The molecule has 300 valence electrons. The Balaban J connectivity index is 0.783. The molecule has 0 spiro atoms. The van der Waals surface area contributed by atoms with Crippen molar-refractivity contribution in [2.75, 3.05) is 0 Å². The summed E-state index contributed by atoms with van der Waals surface area (Å²) < 4.78 is 2.38. The summed E-state index contributed by atoms with van der Waals surface area (Å²) in [6, 6.07) is 73.8. The van der Waals surface area contributed by atoms with E-state index < -0.39 is 0 Å². The lowest BCUT2D eigenvalue weighted by atomic mass is 9.80. The number of rotatable bonds is 5. The molecule has 1 aliphatic rings. The van der Waals surface area contributed by atoms with Crippen molar-refractivity contribution in [3.05, 3.63) is 224 Å². The zero-order chi connectivity index (χ0) is 42.5. The third-order valence-corrected chi connectivity index (χ3v) is 13.9. The van der Waals surface area contributed by atoms with Gasteiger partial charge in [0.1, 0.15) is 0 Å². The van der Waals surface area contributed by atoms with Gasteiger partial charge in [0.15, 0.2) is 0 Å². The molecule has 0 atom stereocenters. The quantitative estimate of drug-likeness (QED) is 0.162. The predicted octanol–water partition coefficient (Wildman–Crippen LogP) is 16.0. The number of benzene rings is 10. The fourth-order valence-corrected chi connectivity index (χ4v) is 10.6. The Morgan fingerprint density at radius 2 is 0.750 bits per heavy atom. The molecule has 0 saturated heterocycles. The number of hydrogen-bond acceptors (Lipinski definition) is 2. The fourth-order valence-electron chi connectivity index (χ4n) is 10.6. The SMILES string of the molecule is CC1(C)c2cc(-c3ccc(-c4ccc(-c5ccc6c(c5)c5ccccc5c5nccnc65)cc4)cc3)ccc2-c2ccc(-c3ccc4c(c3)c3ccccc3n4-c3ccccc3)cc21. The van der Waals surface area contributed by atoms with Gasteiger partial charge in [0.25, 0.3) is 0 Å². The maximum Gasteiger partial charge on any atom is 0.0971 e. The van der Waals surface area contributed by atoms with Gasteiger partial charge in [0, 0.05) is 45.0 Å². The van der Waals surface area contributed by atoms with Crippen LogP contribution in [0.4, 0.5) is 0 Å². The normalized spacial score (nSPS) is 13.0. The van der Waals surface area contributed by atoms with E-state index in [1.54, 1.807) is 12.4 Å². The molecule has 1 aliphatic carbocycles. The second-order valence-corrected chi connectivity index (χ2v) is 17.8. The number of hydrogen-bond donors (Lipinski definition) is 0. The summed E-state index contributed by atoms with van der Waals surface area (Å²) in [6.07, 6.45) is 3.56. The van der Waals surface area contributed by atoms with Crippen LogP contribution in [0.3, 0.4) is 0 Å². The first-order valence-corrected chi connectivity index (χ1v) is 22.1. The minimum absolute atomic E-state index is 0.147. The average molecular weight is 816 g/mol. The first-order valence-electron chi connectivity index (χ1n) is 22.1. The lowest BCUT2D eigenvalue weighted by molar-refractivity contribution is 0.661. The Bertz CT molecular complexity index is 3800. The van der Waals surface area contributed by atoms with E-state index in [0.717, 1.165) is 21.8 Å². The molecule has 3 nitrogen and oxygen atoms in total. The molecular weight excluding hydrogens is 775 g/mol. The van der Waals surface area contributed by atoms with Gasteiger partial charge in [-0.05, 0) is 126 Å². The van der Waals surface area contributed by atoms with Crippen molar-refractivity contribution in [2.45, 2.75) is 19.3 Å². The van der Waals surface area contributed by atoms with Gasteiger partial charge in [-0.15, -0.1) is 0 Å². The van der Waals surface area contributed by atoms with Gasteiger partial charge >= 0.3 is 0 Å². The molecule has 10 aromatic carbocycles. The third-order valence-electron chi connectivity index (χ3n) is 13.9. The molecule has 0 unspecified atom stereocenters. The van der Waals surface area contributed by atoms with Gasteiger partial charge in [-0.2, -0.15) is 0 Å². The van der Waals surface area contributed by atoms with Crippen molar-refractivity contribution in [3.8, 4) is 61.3 Å². The van der Waals surface area contributed by atoms with Crippen LogP contribution in [-0.4, -0.2) is 14.5 Å². The molecule has 0 bridgehead atoms. The van der Waals surface area contributed by atoms with Crippen LogP contribution in [0.1, 0.15) is 25.0 Å². The predicted molar refractivity (Wildman–Crippen MR) is 268 cm³/mol. The summed E-state index contributed by atoms with van der Waals surface area (Å²) in [7, 11) is 0. The molecule has 0 saturated carbocycles. The van der Waals surface area contributed by atoms with Crippen molar-refractivity contribution in [1.29, 1.82) is 0 Å². The van der Waals surface area contributed by atoms with E-state index in [0.29, 0.717) is 0 Å². The zero-order valence-electron chi connectivity index (χ0n) is 35.5. The monoisotopic (exact) mass is 815 g/mol. The summed E-state index contributed by atoms with van der Waals surface area (Å²) >= 11 is 0. The van der Waals surface area contributed by atoms with E-state index >= 15 is 0 Å². The maximum atomic E-state index is 4.73. The van der Waals surface area contributed by atoms with E-state index in [1.165, 1.54) is 105 Å². The molecule has 64 heavy (non-hydrogen) atoms. The minimum Gasteiger partial charge on any atom is -0.309 e. The Morgan fingerprint density at radius 3 is 1.39 bits per heavy atom. The summed E-state index contributed by atoms with van der Waals surface area (Å²) in [4.78, 5) is 9.43. The van der Waals surface area contributed by atoms with Crippen molar-refractivity contribution in [2.24, 2.45) is 0 Å². The van der Waals surface area contributed by atoms with Gasteiger partial charge in [-0.3, -0.25) is 9.97 Å². The Hall–Kier alpha value is -8.14. The highest BCUT2D eigenvalue weighted by molar-refractivity contribution is 6.23. The second-order valence-electron chi connectivity index (χ2n) is 17.8. The topological polar surface area (TPSA) is 30.7 Å². The van der Waals surface area contributed by atoms with Crippen molar-refractivity contribution < 1.29 is 0 Å². The standard InChI is InChI=1S/C61H41N3/c1-61(2)55-36-44(24-28-48(55)49-29-25-45(37-56(49)61)43-27-31-58-54(35-43)50-13-8-9-15-57(50)64(58)46-10-4-3-5-11-46)41-22-18-39(19-23-41)38-16-20-40(21-17-38)42-26-30-52-53(34-42)47-12-6-7-14-51(47)59-60(52)63-33-32-62-59/h3-37H,1-2H3. The molecule has 0 N–H and O–H groups in total. The van der Waals surface area contributed by atoms with Gasteiger partial charge in [-0.25, -0.2) is 0 Å². The third kappa shape index (κ3) is 5.54. The van der Waals surface area contributed by atoms with Crippen LogP contribution >= 0.6 is 0 Å².